The summed E-state index contributed by atoms with van der Waals surface area (Å²) in [6.45, 7) is 7.97. The molecule has 2 aromatic rings. The number of nitrogens with zero attached hydrogens (tertiary/aromatic N) is 2. The van der Waals surface area contributed by atoms with Crippen LogP contribution in [-0.2, 0) is 14.3 Å². The van der Waals surface area contributed by atoms with Crippen molar-refractivity contribution in [1.29, 1.82) is 0 Å². The predicted octanol–water partition coefficient (Wildman–Crippen LogP) is 2.60. The lowest BCUT2D eigenvalue weighted by atomic mass is 9.95. The van der Waals surface area contributed by atoms with Crippen LogP contribution in [-0.4, -0.2) is 34.6 Å². The Kier molecular flexibility index (Phi) is 4.51. The molecule has 0 fully saturated rings. The maximum atomic E-state index is 13.1. The number of amides is 2. The summed E-state index contributed by atoms with van der Waals surface area (Å²) in [6.07, 6.45) is -1.11. The van der Waals surface area contributed by atoms with Gasteiger partial charge in [0.1, 0.15) is 16.9 Å². The molecule has 27 heavy (non-hydrogen) atoms. The number of aryl methyl sites for hydroxylation is 2. The van der Waals surface area contributed by atoms with Crippen LogP contribution in [0.15, 0.2) is 28.8 Å². The van der Waals surface area contributed by atoms with Crippen molar-refractivity contribution in [2.45, 2.75) is 46.3 Å². The summed E-state index contributed by atoms with van der Waals surface area (Å²) in [5.41, 5.74) is 0.521. The zero-order chi connectivity index (χ0) is 19.9. The number of hydrogen-bond donors (Lipinski definition) is 1. The SMILES string of the molecule is Cc1noc(C)c1C(=O)O[C@H](C)C(=O)N1c2ccccc2NC(=O)C1(C)C. The van der Waals surface area contributed by atoms with E-state index < -0.39 is 23.5 Å². The normalized spacial score (nSPS) is 16.3. The summed E-state index contributed by atoms with van der Waals surface area (Å²) in [4.78, 5) is 39.4. The number of rotatable bonds is 3. The molecule has 0 saturated heterocycles. The van der Waals surface area contributed by atoms with E-state index in [1.165, 1.54) is 11.8 Å². The number of nitrogens with one attached hydrogen (secondary N) is 1. The molecule has 0 bridgehead atoms. The van der Waals surface area contributed by atoms with Crippen molar-refractivity contribution >= 4 is 29.2 Å². The van der Waals surface area contributed by atoms with E-state index in [0.717, 1.165) is 0 Å². The Morgan fingerprint density at radius 3 is 2.56 bits per heavy atom. The Bertz CT molecular complexity index is 912. The second-order valence-electron chi connectivity index (χ2n) is 6.95. The van der Waals surface area contributed by atoms with Crippen LogP contribution in [0.2, 0.25) is 0 Å². The second-order valence-corrected chi connectivity index (χ2v) is 6.95. The molecule has 3 rings (SSSR count). The topological polar surface area (TPSA) is 102 Å². The molecular formula is C19H21N3O5. The van der Waals surface area contributed by atoms with Gasteiger partial charge in [0.05, 0.1) is 17.1 Å². The van der Waals surface area contributed by atoms with Gasteiger partial charge in [0, 0.05) is 0 Å². The number of para-hydroxylation sites is 2. The van der Waals surface area contributed by atoms with E-state index in [4.69, 9.17) is 9.26 Å². The van der Waals surface area contributed by atoms with Crippen LogP contribution in [0.3, 0.4) is 0 Å². The van der Waals surface area contributed by atoms with E-state index in [-0.39, 0.29) is 11.5 Å². The van der Waals surface area contributed by atoms with Crippen molar-refractivity contribution in [3.63, 3.8) is 0 Å². The van der Waals surface area contributed by atoms with Crippen LogP contribution < -0.4 is 10.2 Å². The molecule has 142 valence electrons. The van der Waals surface area contributed by atoms with Crippen LogP contribution in [0.5, 0.6) is 0 Å². The first kappa shape index (κ1) is 18.6. The van der Waals surface area contributed by atoms with Crippen LogP contribution in [0.4, 0.5) is 11.4 Å². The number of esters is 1. The lowest BCUT2D eigenvalue weighted by molar-refractivity contribution is -0.131. The summed E-state index contributed by atoms with van der Waals surface area (Å²) < 4.78 is 10.3. The van der Waals surface area contributed by atoms with Gasteiger partial charge in [0.25, 0.3) is 5.91 Å². The monoisotopic (exact) mass is 371 g/mol. The Labute approximate surface area is 156 Å². The molecule has 2 heterocycles. The van der Waals surface area contributed by atoms with Crippen molar-refractivity contribution in [3.8, 4) is 0 Å². The number of anilines is 2. The minimum Gasteiger partial charge on any atom is -0.449 e. The van der Waals surface area contributed by atoms with E-state index in [1.54, 1.807) is 52.0 Å². The average Bonchev–Trinajstić information content (AvgIpc) is 2.94. The largest absolute Gasteiger partial charge is 0.449 e. The first-order valence-corrected chi connectivity index (χ1v) is 8.53. The number of benzene rings is 1. The van der Waals surface area contributed by atoms with Crippen molar-refractivity contribution in [2.75, 3.05) is 10.2 Å². The minimum atomic E-state index is -1.14. The first-order valence-electron chi connectivity index (χ1n) is 8.53. The average molecular weight is 371 g/mol. The van der Waals surface area contributed by atoms with Gasteiger partial charge in [-0.25, -0.2) is 4.79 Å². The molecule has 1 N–H and O–H groups in total. The van der Waals surface area contributed by atoms with E-state index in [9.17, 15) is 14.4 Å². The van der Waals surface area contributed by atoms with E-state index in [0.29, 0.717) is 22.8 Å². The Morgan fingerprint density at radius 1 is 1.26 bits per heavy atom. The van der Waals surface area contributed by atoms with Gasteiger partial charge >= 0.3 is 5.97 Å². The summed E-state index contributed by atoms with van der Waals surface area (Å²) in [5.74, 6) is -1.19. The third kappa shape index (κ3) is 3.07. The Hall–Kier alpha value is -3.16. The number of carbonyl (C=O) groups excluding carboxylic acids is 3. The number of aromatic nitrogens is 1. The molecule has 0 aliphatic carbocycles. The van der Waals surface area contributed by atoms with Gasteiger partial charge < -0.3 is 14.6 Å². The molecule has 1 aliphatic rings. The summed E-state index contributed by atoms with van der Waals surface area (Å²) in [6, 6.07) is 6.98. The highest BCUT2D eigenvalue weighted by molar-refractivity contribution is 6.15. The highest BCUT2D eigenvalue weighted by Crippen LogP contribution is 2.37. The maximum Gasteiger partial charge on any atom is 0.344 e. The maximum absolute atomic E-state index is 13.1. The Balaban J connectivity index is 1.90. The van der Waals surface area contributed by atoms with Crippen molar-refractivity contribution in [2.24, 2.45) is 0 Å². The molecule has 1 aliphatic heterocycles. The smallest absolute Gasteiger partial charge is 0.344 e. The molecule has 1 aromatic carbocycles. The van der Waals surface area contributed by atoms with E-state index in [2.05, 4.69) is 10.5 Å². The summed E-state index contributed by atoms with van der Waals surface area (Å²) in [5, 5.41) is 6.51. The van der Waals surface area contributed by atoms with Crippen LogP contribution in [0.25, 0.3) is 0 Å². The minimum absolute atomic E-state index is 0.200. The predicted molar refractivity (Wildman–Crippen MR) is 97.5 cm³/mol. The zero-order valence-electron chi connectivity index (χ0n) is 15.8. The molecule has 0 radical (unpaired) electrons. The molecule has 1 aromatic heterocycles. The fourth-order valence-electron chi connectivity index (χ4n) is 3.07. The van der Waals surface area contributed by atoms with Crippen molar-refractivity contribution in [3.05, 3.63) is 41.3 Å². The lowest BCUT2D eigenvalue weighted by Gasteiger charge is -2.42. The van der Waals surface area contributed by atoms with E-state index >= 15 is 0 Å². The lowest BCUT2D eigenvalue weighted by Crippen LogP contribution is -2.60. The molecule has 8 heteroatoms. The summed E-state index contributed by atoms with van der Waals surface area (Å²) in [7, 11) is 0. The van der Waals surface area contributed by atoms with Gasteiger partial charge in [0.2, 0.25) is 5.91 Å². The van der Waals surface area contributed by atoms with Crippen LogP contribution in [0, 0.1) is 13.8 Å². The van der Waals surface area contributed by atoms with Crippen molar-refractivity contribution in [1.82, 2.24) is 5.16 Å². The molecule has 0 spiro atoms. The molecule has 8 nitrogen and oxygen atoms in total. The quantitative estimate of drug-likeness (QED) is 0.832. The fourth-order valence-corrected chi connectivity index (χ4v) is 3.07. The van der Waals surface area contributed by atoms with Crippen molar-refractivity contribution < 1.29 is 23.6 Å². The van der Waals surface area contributed by atoms with Gasteiger partial charge in [-0.15, -0.1) is 0 Å². The summed E-state index contributed by atoms with van der Waals surface area (Å²) >= 11 is 0. The number of hydrogen-bond acceptors (Lipinski definition) is 6. The standard InChI is InChI=1S/C19H21N3O5/c1-10-15(11(2)27-21-10)17(24)26-12(3)16(23)22-14-9-7-6-8-13(14)20-18(25)19(22,4)5/h6-9,12H,1-5H3,(H,20,25)/t12-/m1/s1. The van der Waals surface area contributed by atoms with Gasteiger partial charge in [-0.05, 0) is 46.8 Å². The highest BCUT2D eigenvalue weighted by Gasteiger charge is 2.45. The van der Waals surface area contributed by atoms with Gasteiger partial charge in [-0.3, -0.25) is 14.5 Å². The number of fused-ring (bicyclic) bond motifs is 1. The van der Waals surface area contributed by atoms with Crippen LogP contribution >= 0.6 is 0 Å². The number of ether oxygens (including phenoxy) is 1. The molecule has 0 unspecified atom stereocenters. The second kappa shape index (κ2) is 6.53. The van der Waals surface area contributed by atoms with Gasteiger partial charge in [0.15, 0.2) is 6.10 Å². The van der Waals surface area contributed by atoms with Gasteiger partial charge in [-0.2, -0.15) is 0 Å². The first-order chi connectivity index (χ1) is 12.6. The highest BCUT2D eigenvalue weighted by atomic mass is 16.5. The molecule has 0 saturated carbocycles. The molecule has 1 atom stereocenters. The molecular weight excluding hydrogens is 350 g/mol. The third-order valence-electron chi connectivity index (χ3n) is 4.60. The van der Waals surface area contributed by atoms with E-state index in [1.807, 2.05) is 0 Å². The number of carbonyl (C=O) groups is 3. The fraction of sp³-hybridized carbons (Fsp3) is 0.368. The molecule has 2 amide bonds. The third-order valence-corrected chi connectivity index (χ3v) is 4.60. The van der Waals surface area contributed by atoms with Crippen LogP contribution in [0.1, 0.15) is 42.6 Å². The zero-order valence-corrected chi connectivity index (χ0v) is 15.8. The van der Waals surface area contributed by atoms with Gasteiger partial charge in [-0.1, -0.05) is 17.3 Å². The Morgan fingerprint density at radius 2 is 1.93 bits per heavy atom.